The Bertz CT molecular complexity index is 701. The fourth-order valence-corrected chi connectivity index (χ4v) is 2.64. The molecule has 0 unspecified atom stereocenters. The number of hydrogen-bond donors (Lipinski definition) is 1. The van der Waals surface area contributed by atoms with Gasteiger partial charge in [-0.25, -0.2) is 9.97 Å². The van der Waals surface area contributed by atoms with Crippen LogP contribution in [0.25, 0.3) is 0 Å². The molecule has 134 valence electrons. The molecule has 0 amide bonds. The molecule has 3 heterocycles. The van der Waals surface area contributed by atoms with Crippen LogP contribution in [0.5, 0.6) is 5.88 Å². The van der Waals surface area contributed by atoms with Crippen LogP contribution in [-0.2, 0) is 6.18 Å². The summed E-state index contributed by atoms with van der Waals surface area (Å²) < 4.78 is 42.6. The largest absolute Gasteiger partial charge is 0.481 e. The highest BCUT2D eigenvalue weighted by molar-refractivity contribution is 5.41. The number of nitrogens with zero attached hydrogens (tertiary/aromatic N) is 5. The molecule has 0 bridgehead atoms. The van der Waals surface area contributed by atoms with Crippen LogP contribution in [0.2, 0.25) is 0 Å². The molecule has 0 atom stereocenters. The predicted molar refractivity (Wildman–Crippen MR) is 84.5 cm³/mol. The van der Waals surface area contributed by atoms with E-state index in [0.29, 0.717) is 30.6 Å². The van der Waals surface area contributed by atoms with Gasteiger partial charge in [0.15, 0.2) is 11.5 Å². The Balaban J connectivity index is 1.56. The number of nitrogens with one attached hydrogen (secondary N) is 1. The standard InChI is InChI=1S/C15H17F3N6O/c1-25-14-8-12(19-9-20-14)21-10-4-6-24(7-5-10)13-3-2-11(22-23-13)15(16,17)18/h2-3,8-10H,4-7H2,1H3,(H,19,20,21). The number of halogens is 3. The average Bonchev–Trinajstić information content (AvgIpc) is 2.62. The number of alkyl halides is 3. The van der Waals surface area contributed by atoms with Crippen LogP contribution >= 0.6 is 0 Å². The van der Waals surface area contributed by atoms with Crippen molar-refractivity contribution in [2.75, 3.05) is 30.4 Å². The quantitative estimate of drug-likeness (QED) is 0.903. The maximum Gasteiger partial charge on any atom is 0.435 e. The number of piperidine rings is 1. The lowest BCUT2D eigenvalue weighted by Gasteiger charge is -2.33. The number of methoxy groups -OCH3 is 1. The molecule has 1 aliphatic rings. The van der Waals surface area contributed by atoms with Gasteiger partial charge in [-0.15, -0.1) is 10.2 Å². The zero-order chi connectivity index (χ0) is 17.9. The molecule has 2 aromatic rings. The lowest BCUT2D eigenvalue weighted by molar-refractivity contribution is -0.141. The van der Waals surface area contributed by atoms with Crippen molar-refractivity contribution in [1.29, 1.82) is 0 Å². The van der Waals surface area contributed by atoms with E-state index in [9.17, 15) is 13.2 Å². The summed E-state index contributed by atoms with van der Waals surface area (Å²) in [5.74, 6) is 1.62. The minimum absolute atomic E-state index is 0.207. The van der Waals surface area contributed by atoms with Crippen molar-refractivity contribution in [2.45, 2.75) is 25.1 Å². The summed E-state index contributed by atoms with van der Waals surface area (Å²) in [6, 6.07) is 4.24. The first kappa shape index (κ1) is 17.2. The van der Waals surface area contributed by atoms with Gasteiger partial charge in [-0.05, 0) is 25.0 Å². The maximum absolute atomic E-state index is 12.5. The van der Waals surface area contributed by atoms with E-state index in [2.05, 4.69) is 25.5 Å². The topological polar surface area (TPSA) is 76.1 Å². The van der Waals surface area contributed by atoms with Crippen LogP contribution in [0, 0.1) is 0 Å². The van der Waals surface area contributed by atoms with Gasteiger partial charge in [0.05, 0.1) is 7.11 Å². The molecule has 0 radical (unpaired) electrons. The first-order chi connectivity index (χ1) is 12.0. The minimum atomic E-state index is -4.47. The molecule has 2 aromatic heterocycles. The summed E-state index contributed by atoms with van der Waals surface area (Å²) >= 11 is 0. The van der Waals surface area contributed by atoms with Crippen molar-refractivity contribution in [1.82, 2.24) is 20.2 Å². The van der Waals surface area contributed by atoms with E-state index in [1.54, 1.807) is 6.07 Å². The van der Waals surface area contributed by atoms with Crippen LogP contribution in [0.15, 0.2) is 24.5 Å². The smallest absolute Gasteiger partial charge is 0.435 e. The van der Waals surface area contributed by atoms with Gasteiger partial charge in [-0.1, -0.05) is 0 Å². The maximum atomic E-state index is 12.5. The third-order valence-electron chi connectivity index (χ3n) is 3.96. The Hall–Kier alpha value is -2.65. The second-order valence-corrected chi connectivity index (χ2v) is 5.63. The van der Waals surface area contributed by atoms with Crippen LogP contribution < -0.4 is 15.0 Å². The zero-order valence-corrected chi connectivity index (χ0v) is 13.5. The highest BCUT2D eigenvalue weighted by atomic mass is 19.4. The van der Waals surface area contributed by atoms with Crippen LogP contribution in [0.1, 0.15) is 18.5 Å². The molecule has 1 saturated heterocycles. The molecule has 7 nitrogen and oxygen atoms in total. The summed E-state index contributed by atoms with van der Waals surface area (Å²) in [4.78, 5) is 10.0. The van der Waals surface area contributed by atoms with Gasteiger partial charge in [0, 0.05) is 25.2 Å². The zero-order valence-electron chi connectivity index (χ0n) is 13.5. The third-order valence-corrected chi connectivity index (χ3v) is 3.96. The molecule has 1 aliphatic heterocycles. The Morgan fingerprint density at radius 1 is 1.16 bits per heavy atom. The van der Waals surface area contributed by atoms with Gasteiger partial charge in [0.1, 0.15) is 12.1 Å². The Morgan fingerprint density at radius 2 is 1.92 bits per heavy atom. The van der Waals surface area contributed by atoms with Gasteiger partial charge < -0.3 is 15.0 Å². The van der Waals surface area contributed by atoms with E-state index in [1.807, 2.05) is 4.90 Å². The molecule has 10 heteroatoms. The van der Waals surface area contributed by atoms with E-state index in [4.69, 9.17) is 4.74 Å². The van der Waals surface area contributed by atoms with Gasteiger partial charge in [0.2, 0.25) is 5.88 Å². The summed E-state index contributed by atoms with van der Waals surface area (Å²) in [6.07, 6.45) is -1.45. The summed E-state index contributed by atoms with van der Waals surface area (Å²) in [5, 5.41) is 10.3. The fraction of sp³-hybridized carbons (Fsp3) is 0.467. The van der Waals surface area contributed by atoms with Crippen molar-refractivity contribution in [3.63, 3.8) is 0 Å². The molecule has 0 aliphatic carbocycles. The predicted octanol–water partition coefficient (Wildman–Crippen LogP) is 2.37. The number of ether oxygens (including phenoxy) is 1. The van der Waals surface area contributed by atoms with Gasteiger partial charge >= 0.3 is 6.18 Å². The molecule has 25 heavy (non-hydrogen) atoms. The number of anilines is 2. The summed E-state index contributed by atoms with van der Waals surface area (Å²) in [5.41, 5.74) is -0.981. The minimum Gasteiger partial charge on any atom is -0.481 e. The van der Waals surface area contributed by atoms with Crippen molar-refractivity contribution >= 4 is 11.6 Å². The Kier molecular flexibility index (Phi) is 4.86. The molecular weight excluding hydrogens is 337 g/mol. The van der Waals surface area contributed by atoms with Crippen molar-refractivity contribution < 1.29 is 17.9 Å². The molecule has 1 fully saturated rings. The van der Waals surface area contributed by atoms with Gasteiger partial charge in [0.25, 0.3) is 0 Å². The van der Waals surface area contributed by atoms with Crippen molar-refractivity contribution in [3.8, 4) is 5.88 Å². The fourth-order valence-electron chi connectivity index (χ4n) is 2.64. The SMILES string of the molecule is COc1cc(NC2CCN(c3ccc(C(F)(F)F)nn3)CC2)ncn1. The molecule has 1 N–H and O–H groups in total. The molecule has 0 aromatic carbocycles. The molecule has 0 spiro atoms. The number of aromatic nitrogens is 4. The van der Waals surface area contributed by atoms with Crippen molar-refractivity contribution in [2.24, 2.45) is 0 Å². The van der Waals surface area contributed by atoms with Crippen LogP contribution in [0.3, 0.4) is 0 Å². The summed E-state index contributed by atoms with van der Waals surface area (Å²) in [6.45, 7) is 1.33. The normalized spacial score (nSPS) is 15.9. The first-order valence-corrected chi connectivity index (χ1v) is 7.74. The molecule has 0 saturated carbocycles. The monoisotopic (exact) mass is 354 g/mol. The molecular formula is C15H17F3N6O. The van der Waals surface area contributed by atoms with Gasteiger partial charge in [-0.2, -0.15) is 13.2 Å². The lowest BCUT2D eigenvalue weighted by Crippen LogP contribution is -2.39. The first-order valence-electron chi connectivity index (χ1n) is 7.74. The number of rotatable bonds is 4. The van der Waals surface area contributed by atoms with Gasteiger partial charge in [-0.3, -0.25) is 0 Å². The van der Waals surface area contributed by atoms with E-state index in [0.717, 1.165) is 18.9 Å². The Morgan fingerprint density at radius 3 is 2.52 bits per heavy atom. The van der Waals surface area contributed by atoms with E-state index >= 15 is 0 Å². The van der Waals surface area contributed by atoms with E-state index in [-0.39, 0.29) is 6.04 Å². The second kappa shape index (κ2) is 7.08. The van der Waals surface area contributed by atoms with E-state index in [1.165, 1.54) is 19.5 Å². The molecule has 3 rings (SSSR count). The average molecular weight is 354 g/mol. The van der Waals surface area contributed by atoms with E-state index < -0.39 is 11.9 Å². The summed E-state index contributed by atoms with van der Waals surface area (Å²) in [7, 11) is 1.54. The second-order valence-electron chi connectivity index (χ2n) is 5.63. The number of hydrogen-bond acceptors (Lipinski definition) is 7. The Labute approximate surface area is 142 Å². The third kappa shape index (κ3) is 4.25. The highest BCUT2D eigenvalue weighted by Gasteiger charge is 2.33. The van der Waals surface area contributed by atoms with Crippen LogP contribution in [-0.4, -0.2) is 46.4 Å². The highest BCUT2D eigenvalue weighted by Crippen LogP contribution is 2.28. The van der Waals surface area contributed by atoms with Crippen LogP contribution in [0.4, 0.5) is 24.8 Å². The lowest BCUT2D eigenvalue weighted by atomic mass is 10.1. The van der Waals surface area contributed by atoms with Crippen molar-refractivity contribution in [3.05, 3.63) is 30.2 Å².